The predicted octanol–water partition coefficient (Wildman–Crippen LogP) is 1.84. The van der Waals surface area contributed by atoms with Gasteiger partial charge in [0, 0.05) is 0 Å². The quantitative estimate of drug-likeness (QED) is 0.270. The van der Waals surface area contributed by atoms with Gasteiger partial charge in [0.2, 0.25) is 11.7 Å². The summed E-state index contributed by atoms with van der Waals surface area (Å²) in [5.41, 5.74) is -2.64. The van der Waals surface area contributed by atoms with Crippen molar-refractivity contribution in [2.45, 2.75) is 6.36 Å². The zero-order valence-corrected chi connectivity index (χ0v) is 7.69. The van der Waals surface area contributed by atoms with Gasteiger partial charge >= 0.3 is 12.0 Å². The Kier molecular flexibility index (Phi) is 3.25. The summed E-state index contributed by atoms with van der Waals surface area (Å²) in [6.45, 7) is 0. The topological polar surface area (TPSA) is 82.3 Å². The standard InChI is InChI=1S/C7H2F4N2O4/c8-6-3(2-14)5(13(15)16)4(1-12-6)17-7(9,10)11/h1-2H. The average molecular weight is 254 g/mol. The molecule has 0 saturated heterocycles. The van der Waals surface area contributed by atoms with E-state index in [4.69, 9.17) is 0 Å². The van der Waals surface area contributed by atoms with Gasteiger partial charge in [-0.25, -0.2) is 4.98 Å². The van der Waals surface area contributed by atoms with Crippen LogP contribution in [0.5, 0.6) is 5.75 Å². The van der Waals surface area contributed by atoms with Crippen LogP contribution in [0.3, 0.4) is 0 Å². The van der Waals surface area contributed by atoms with Crippen LogP contribution in [0.25, 0.3) is 0 Å². The highest BCUT2D eigenvalue weighted by Crippen LogP contribution is 2.34. The summed E-state index contributed by atoms with van der Waals surface area (Å²) in [4.78, 5) is 22.2. The summed E-state index contributed by atoms with van der Waals surface area (Å²) in [7, 11) is 0. The van der Waals surface area contributed by atoms with Gasteiger partial charge in [-0.2, -0.15) is 4.39 Å². The minimum Gasteiger partial charge on any atom is -0.397 e. The molecular formula is C7H2F4N2O4. The van der Waals surface area contributed by atoms with Gasteiger partial charge in [-0.1, -0.05) is 0 Å². The van der Waals surface area contributed by atoms with Crippen LogP contribution in [0.1, 0.15) is 10.4 Å². The molecular weight excluding hydrogens is 252 g/mol. The molecule has 1 heterocycles. The Labute approximate surface area is 90.0 Å². The molecule has 0 aliphatic carbocycles. The molecule has 0 saturated carbocycles. The van der Waals surface area contributed by atoms with Gasteiger partial charge in [0.25, 0.3) is 0 Å². The van der Waals surface area contributed by atoms with Crippen molar-refractivity contribution in [3.8, 4) is 5.75 Å². The number of nitro groups is 1. The lowest BCUT2D eigenvalue weighted by Gasteiger charge is -2.09. The van der Waals surface area contributed by atoms with Gasteiger partial charge in [0.05, 0.1) is 11.1 Å². The molecule has 0 aromatic carbocycles. The summed E-state index contributed by atoms with van der Waals surface area (Å²) >= 11 is 0. The number of rotatable bonds is 3. The number of aldehydes is 1. The van der Waals surface area contributed by atoms with Crippen LogP contribution in [-0.2, 0) is 0 Å². The monoisotopic (exact) mass is 254 g/mol. The van der Waals surface area contributed by atoms with E-state index < -0.39 is 34.2 Å². The molecule has 0 amide bonds. The molecule has 0 aliphatic rings. The van der Waals surface area contributed by atoms with Crippen molar-refractivity contribution in [3.63, 3.8) is 0 Å². The summed E-state index contributed by atoms with van der Waals surface area (Å²) in [6.07, 6.45) is -5.36. The minimum atomic E-state index is -5.22. The third-order valence-electron chi connectivity index (χ3n) is 1.53. The average Bonchev–Trinajstić information content (AvgIpc) is 2.17. The second-order valence-electron chi connectivity index (χ2n) is 2.60. The summed E-state index contributed by atoms with van der Waals surface area (Å²) in [5, 5.41) is 10.4. The Balaban J connectivity index is 3.41. The highest BCUT2D eigenvalue weighted by atomic mass is 19.4. The Hall–Kier alpha value is -2.26. The zero-order chi connectivity index (χ0) is 13.2. The molecule has 1 aromatic rings. The second-order valence-corrected chi connectivity index (χ2v) is 2.60. The van der Waals surface area contributed by atoms with E-state index in [2.05, 4.69) is 9.72 Å². The second kappa shape index (κ2) is 4.31. The van der Waals surface area contributed by atoms with E-state index in [0.29, 0.717) is 0 Å². The van der Waals surface area contributed by atoms with E-state index in [1.54, 1.807) is 0 Å². The lowest BCUT2D eigenvalue weighted by molar-refractivity contribution is -0.389. The highest BCUT2D eigenvalue weighted by Gasteiger charge is 2.36. The third-order valence-corrected chi connectivity index (χ3v) is 1.53. The Morgan fingerprint density at radius 3 is 2.47 bits per heavy atom. The number of hydrogen-bond donors (Lipinski definition) is 0. The molecule has 6 nitrogen and oxygen atoms in total. The Bertz CT molecular complexity index is 474. The molecule has 17 heavy (non-hydrogen) atoms. The molecule has 0 unspecified atom stereocenters. The largest absolute Gasteiger partial charge is 0.573 e. The van der Waals surface area contributed by atoms with Gasteiger partial charge in [-0.3, -0.25) is 14.9 Å². The van der Waals surface area contributed by atoms with Crippen LogP contribution in [0.4, 0.5) is 23.2 Å². The number of carbonyl (C=O) groups excluding carboxylic acids is 1. The Morgan fingerprint density at radius 1 is 1.47 bits per heavy atom. The lowest BCUT2D eigenvalue weighted by Crippen LogP contribution is -2.19. The van der Waals surface area contributed by atoms with Crippen molar-refractivity contribution in [1.82, 2.24) is 4.98 Å². The van der Waals surface area contributed by atoms with Crippen molar-refractivity contribution >= 4 is 12.0 Å². The lowest BCUT2D eigenvalue weighted by atomic mass is 10.2. The molecule has 0 fully saturated rings. The number of ether oxygens (including phenoxy) is 1. The maximum absolute atomic E-state index is 12.8. The van der Waals surface area contributed by atoms with E-state index in [0.717, 1.165) is 0 Å². The molecule has 1 rings (SSSR count). The normalized spacial score (nSPS) is 11.1. The van der Waals surface area contributed by atoms with Crippen molar-refractivity contribution in [2.75, 3.05) is 0 Å². The maximum atomic E-state index is 12.8. The van der Waals surface area contributed by atoms with Gasteiger partial charge in [-0.05, 0) is 0 Å². The number of aromatic nitrogens is 1. The van der Waals surface area contributed by atoms with Gasteiger partial charge < -0.3 is 4.74 Å². The fourth-order valence-electron chi connectivity index (χ4n) is 0.969. The maximum Gasteiger partial charge on any atom is 0.573 e. The van der Waals surface area contributed by atoms with Crippen LogP contribution in [0.2, 0.25) is 0 Å². The third kappa shape index (κ3) is 2.86. The van der Waals surface area contributed by atoms with Crippen molar-refractivity contribution < 1.29 is 32.0 Å². The zero-order valence-electron chi connectivity index (χ0n) is 7.69. The number of carbonyl (C=O) groups is 1. The summed E-state index contributed by atoms with van der Waals surface area (Å²) in [5.74, 6) is -2.91. The molecule has 0 radical (unpaired) electrons. The highest BCUT2D eigenvalue weighted by molar-refractivity contribution is 5.83. The van der Waals surface area contributed by atoms with Crippen LogP contribution in [0, 0.1) is 16.1 Å². The smallest absolute Gasteiger partial charge is 0.397 e. The first-order chi connectivity index (χ1) is 7.76. The summed E-state index contributed by atoms with van der Waals surface area (Å²) in [6, 6.07) is 0. The Morgan fingerprint density at radius 2 is 2.06 bits per heavy atom. The molecule has 92 valence electrons. The summed E-state index contributed by atoms with van der Waals surface area (Å²) < 4.78 is 51.7. The van der Waals surface area contributed by atoms with Crippen LogP contribution < -0.4 is 4.74 Å². The number of halogens is 4. The minimum absolute atomic E-state index is 0.175. The van der Waals surface area contributed by atoms with E-state index in [-0.39, 0.29) is 12.5 Å². The molecule has 0 spiro atoms. The van der Waals surface area contributed by atoms with Gasteiger partial charge in [0.1, 0.15) is 0 Å². The van der Waals surface area contributed by atoms with E-state index in [1.807, 2.05) is 0 Å². The van der Waals surface area contributed by atoms with E-state index in [9.17, 15) is 32.5 Å². The van der Waals surface area contributed by atoms with Crippen LogP contribution in [-0.4, -0.2) is 22.6 Å². The first-order valence-electron chi connectivity index (χ1n) is 3.80. The molecule has 10 heteroatoms. The molecule has 0 N–H and O–H groups in total. The van der Waals surface area contributed by atoms with E-state index in [1.165, 1.54) is 0 Å². The molecule has 0 atom stereocenters. The molecule has 0 bridgehead atoms. The number of nitrogens with zero attached hydrogens (tertiary/aromatic N) is 2. The first kappa shape index (κ1) is 12.8. The van der Waals surface area contributed by atoms with Gasteiger partial charge in [0.15, 0.2) is 11.8 Å². The van der Waals surface area contributed by atoms with Crippen molar-refractivity contribution in [3.05, 3.63) is 27.8 Å². The fourth-order valence-corrected chi connectivity index (χ4v) is 0.969. The number of pyridine rings is 1. The SMILES string of the molecule is O=Cc1c(F)ncc(OC(F)(F)F)c1[N+](=O)[O-]. The van der Waals surface area contributed by atoms with E-state index >= 15 is 0 Å². The number of alkyl halides is 3. The fraction of sp³-hybridized carbons (Fsp3) is 0.143. The first-order valence-corrected chi connectivity index (χ1v) is 3.80. The van der Waals surface area contributed by atoms with Crippen LogP contribution in [0.15, 0.2) is 6.20 Å². The predicted molar refractivity (Wildman–Crippen MR) is 42.9 cm³/mol. The van der Waals surface area contributed by atoms with Crippen LogP contribution >= 0.6 is 0 Å². The molecule has 0 aliphatic heterocycles. The number of hydrogen-bond acceptors (Lipinski definition) is 5. The van der Waals surface area contributed by atoms with Gasteiger partial charge in [-0.15, -0.1) is 13.2 Å². The molecule has 1 aromatic heterocycles. The van der Waals surface area contributed by atoms with Crippen molar-refractivity contribution in [1.29, 1.82) is 0 Å². The van der Waals surface area contributed by atoms with Crippen molar-refractivity contribution in [2.24, 2.45) is 0 Å².